The third-order valence-corrected chi connectivity index (χ3v) is 11.3. The molecule has 0 saturated heterocycles. The minimum Gasteiger partial charge on any atom is -0.474 e. The number of anilines is 2. The van der Waals surface area contributed by atoms with Crippen molar-refractivity contribution in [1.29, 1.82) is 0 Å². The first kappa shape index (κ1) is 26.4. The Morgan fingerprint density at radius 3 is 2.62 bits per heavy atom. The lowest BCUT2D eigenvalue weighted by Crippen LogP contribution is -2.46. The van der Waals surface area contributed by atoms with Crippen LogP contribution < -0.4 is 15.0 Å². The number of benzene rings is 1. The summed E-state index contributed by atoms with van der Waals surface area (Å²) in [6, 6.07) is 8.14. The highest BCUT2D eigenvalue weighted by atomic mass is 35.5. The number of amides is 1. The first-order chi connectivity index (χ1) is 15.9. The predicted octanol–water partition coefficient (Wildman–Crippen LogP) is 5.60. The summed E-state index contributed by atoms with van der Waals surface area (Å²) >= 11 is 5.88. The number of hydrogen-bond acceptors (Lipinski definition) is 5. The Morgan fingerprint density at radius 2 is 2.00 bits per heavy atom. The number of alkyl halides is 1. The molecule has 3 rings (SSSR count). The van der Waals surface area contributed by atoms with Crippen molar-refractivity contribution in [3.8, 4) is 5.88 Å². The van der Waals surface area contributed by atoms with Crippen LogP contribution in [0.1, 0.15) is 38.8 Å². The Bertz CT molecular complexity index is 1010. The van der Waals surface area contributed by atoms with Gasteiger partial charge in [0.2, 0.25) is 11.8 Å². The lowest BCUT2D eigenvalue weighted by molar-refractivity contribution is -0.117. The van der Waals surface area contributed by atoms with Gasteiger partial charge in [-0.2, -0.15) is 4.98 Å². The average Bonchev–Trinajstić information content (AvgIpc) is 2.77. The molecule has 6 nitrogen and oxygen atoms in total. The summed E-state index contributed by atoms with van der Waals surface area (Å²) in [5.41, 5.74) is 2.41. The molecule has 0 radical (unpaired) electrons. The molecule has 0 saturated carbocycles. The monoisotopic (exact) mass is 507 g/mol. The van der Waals surface area contributed by atoms with Crippen LogP contribution in [0.5, 0.6) is 5.88 Å². The fourth-order valence-electron chi connectivity index (χ4n) is 3.56. The molecule has 9 heteroatoms. The van der Waals surface area contributed by atoms with Crippen LogP contribution in [0.4, 0.5) is 15.9 Å². The molecular formula is C25H35ClFN3O3Si. The number of carbonyl (C=O) groups excluding carboxylic acids is 1. The molecular weight excluding hydrogens is 473 g/mol. The number of aromatic nitrogens is 1. The van der Waals surface area contributed by atoms with Crippen molar-refractivity contribution in [3.63, 3.8) is 0 Å². The fourth-order valence-corrected chi connectivity index (χ4v) is 4.74. The molecule has 1 aromatic heterocycles. The molecule has 1 atom stereocenters. The van der Waals surface area contributed by atoms with Crippen LogP contribution in [0.15, 0.2) is 30.3 Å². The first-order valence-electron chi connectivity index (χ1n) is 11.6. The maximum absolute atomic E-state index is 13.4. The molecule has 0 aliphatic carbocycles. The van der Waals surface area contributed by atoms with Crippen molar-refractivity contribution < 1.29 is 18.3 Å². The normalized spacial score (nSPS) is 16.1. The van der Waals surface area contributed by atoms with Gasteiger partial charge in [0.25, 0.3) is 0 Å². The highest BCUT2D eigenvalue weighted by molar-refractivity contribution is 6.74. The van der Waals surface area contributed by atoms with Gasteiger partial charge in [-0.15, -0.1) is 11.6 Å². The van der Waals surface area contributed by atoms with E-state index in [0.717, 1.165) is 11.1 Å². The van der Waals surface area contributed by atoms with Crippen molar-refractivity contribution in [3.05, 3.63) is 47.3 Å². The summed E-state index contributed by atoms with van der Waals surface area (Å²) in [5, 5.41) is 3.52. The lowest BCUT2D eigenvalue weighted by Gasteiger charge is -2.36. The lowest BCUT2D eigenvalue weighted by atomic mass is 10.0. The number of rotatable bonds is 8. The zero-order valence-electron chi connectivity index (χ0n) is 20.9. The minimum atomic E-state index is -1.86. The molecule has 1 N–H and O–H groups in total. The van der Waals surface area contributed by atoms with Gasteiger partial charge < -0.3 is 19.4 Å². The molecule has 1 amide bonds. The maximum atomic E-state index is 13.4. The van der Waals surface area contributed by atoms with Crippen LogP contribution in [0.25, 0.3) is 0 Å². The van der Waals surface area contributed by atoms with Crippen LogP contribution in [0.3, 0.4) is 0 Å². The van der Waals surface area contributed by atoms with E-state index >= 15 is 0 Å². The summed E-state index contributed by atoms with van der Waals surface area (Å²) in [6.07, 6.45) is 0.517. The van der Waals surface area contributed by atoms with Crippen molar-refractivity contribution in [2.75, 3.05) is 35.9 Å². The van der Waals surface area contributed by atoms with Gasteiger partial charge in [-0.3, -0.25) is 4.79 Å². The molecule has 2 aromatic rings. The van der Waals surface area contributed by atoms with E-state index in [1.54, 1.807) is 17.0 Å². The van der Waals surface area contributed by atoms with E-state index in [1.165, 1.54) is 12.1 Å². The van der Waals surface area contributed by atoms with Crippen LogP contribution >= 0.6 is 11.6 Å². The second-order valence-corrected chi connectivity index (χ2v) is 15.3. The molecule has 34 heavy (non-hydrogen) atoms. The van der Waals surface area contributed by atoms with E-state index < -0.39 is 8.32 Å². The SMILES string of the molecule is CC1COc2nc(NCCO[Si](C)(C)C(C)(C)C)c(Cc3ccc(F)cc3)cc2N1C(=O)CCl. The van der Waals surface area contributed by atoms with Crippen molar-refractivity contribution >= 4 is 37.3 Å². The summed E-state index contributed by atoms with van der Waals surface area (Å²) in [5.74, 6) is 0.454. The zero-order valence-corrected chi connectivity index (χ0v) is 22.6. The van der Waals surface area contributed by atoms with Crippen LogP contribution in [-0.2, 0) is 15.6 Å². The Hall–Kier alpha value is -2.16. The largest absolute Gasteiger partial charge is 0.474 e. The van der Waals surface area contributed by atoms with Gasteiger partial charge in [-0.25, -0.2) is 4.39 Å². The van der Waals surface area contributed by atoms with Crippen molar-refractivity contribution in [2.45, 2.75) is 58.3 Å². The number of fused-ring (bicyclic) bond motifs is 1. The highest BCUT2D eigenvalue weighted by Crippen LogP contribution is 2.38. The third kappa shape index (κ3) is 6.09. The van der Waals surface area contributed by atoms with Crippen LogP contribution in [0, 0.1) is 5.82 Å². The van der Waals surface area contributed by atoms with Gasteiger partial charge in [0.05, 0.1) is 12.6 Å². The topological polar surface area (TPSA) is 63.7 Å². The Labute approximate surface area is 207 Å². The molecule has 1 aromatic carbocycles. The molecule has 0 bridgehead atoms. The third-order valence-electron chi connectivity index (χ3n) is 6.56. The summed E-state index contributed by atoms with van der Waals surface area (Å²) in [6.45, 7) is 14.5. The minimum absolute atomic E-state index is 0.123. The number of nitrogens with zero attached hydrogens (tertiary/aromatic N) is 2. The second kappa shape index (κ2) is 10.6. The van der Waals surface area contributed by atoms with Crippen LogP contribution in [-0.4, -0.2) is 50.9 Å². The van der Waals surface area contributed by atoms with E-state index in [0.29, 0.717) is 43.6 Å². The molecule has 2 heterocycles. The maximum Gasteiger partial charge on any atom is 0.242 e. The molecule has 1 aliphatic rings. The Kier molecular flexibility index (Phi) is 8.26. The molecule has 1 unspecified atom stereocenters. The number of hydrogen-bond donors (Lipinski definition) is 1. The number of halogens is 2. The van der Waals surface area contributed by atoms with Gasteiger partial charge in [0.1, 0.15) is 29.8 Å². The van der Waals surface area contributed by atoms with Gasteiger partial charge in [0, 0.05) is 18.5 Å². The molecule has 0 fully saturated rings. The number of pyridine rings is 1. The quantitative estimate of drug-likeness (QED) is 0.286. The van der Waals surface area contributed by atoms with E-state index in [-0.39, 0.29) is 28.7 Å². The van der Waals surface area contributed by atoms with Crippen LogP contribution in [0.2, 0.25) is 18.1 Å². The van der Waals surface area contributed by atoms with E-state index in [9.17, 15) is 9.18 Å². The molecule has 186 valence electrons. The standard InChI is InChI=1S/C25H35ClFN3O3Si/c1-17-16-32-24-21(30(17)22(31)15-26)14-19(13-18-7-9-20(27)10-8-18)23(29-24)28-11-12-33-34(5,6)25(2,3)4/h7-10,14,17H,11-13,15-16H2,1-6H3,(H,28,29). The summed E-state index contributed by atoms with van der Waals surface area (Å²) < 4.78 is 25.6. The van der Waals surface area contributed by atoms with Gasteiger partial charge in [0.15, 0.2) is 8.32 Å². The van der Waals surface area contributed by atoms with E-state index in [4.69, 9.17) is 25.7 Å². The average molecular weight is 508 g/mol. The first-order valence-corrected chi connectivity index (χ1v) is 15.0. The smallest absolute Gasteiger partial charge is 0.242 e. The van der Waals surface area contributed by atoms with Gasteiger partial charge in [-0.1, -0.05) is 32.9 Å². The van der Waals surface area contributed by atoms with Gasteiger partial charge in [-0.05, 0) is 48.8 Å². The fraction of sp³-hybridized carbons (Fsp3) is 0.520. The molecule has 0 spiro atoms. The van der Waals surface area contributed by atoms with E-state index in [1.807, 2.05) is 13.0 Å². The Balaban J connectivity index is 1.88. The number of carbonyl (C=O) groups is 1. The molecule has 1 aliphatic heterocycles. The number of nitrogens with one attached hydrogen (secondary N) is 1. The number of ether oxygens (including phenoxy) is 1. The zero-order chi connectivity index (χ0) is 25.1. The van der Waals surface area contributed by atoms with Gasteiger partial charge >= 0.3 is 0 Å². The van der Waals surface area contributed by atoms with Crippen molar-refractivity contribution in [2.24, 2.45) is 0 Å². The summed E-state index contributed by atoms with van der Waals surface area (Å²) in [4.78, 5) is 18.9. The second-order valence-electron chi connectivity index (χ2n) is 10.2. The predicted molar refractivity (Wildman–Crippen MR) is 138 cm³/mol. The summed E-state index contributed by atoms with van der Waals surface area (Å²) in [7, 11) is -1.86. The Morgan fingerprint density at radius 1 is 1.32 bits per heavy atom. The van der Waals surface area contributed by atoms with E-state index in [2.05, 4.69) is 39.2 Å². The highest BCUT2D eigenvalue weighted by Gasteiger charge is 2.37. The van der Waals surface area contributed by atoms with Crippen molar-refractivity contribution in [1.82, 2.24) is 4.98 Å².